The Kier molecular flexibility index (Phi) is 4.90. The van der Waals surface area contributed by atoms with E-state index in [2.05, 4.69) is 16.9 Å². The van der Waals surface area contributed by atoms with Crippen molar-refractivity contribution >= 4 is 23.2 Å². The van der Waals surface area contributed by atoms with Crippen LogP contribution in [0.25, 0.3) is 0 Å². The summed E-state index contributed by atoms with van der Waals surface area (Å²) in [5.74, 6) is 1.88. The monoisotopic (exact) mass is 335 g/mol. The van der Waals surface area contributed by atoms with Crippen LogP contribution in [-0.4, -0.2) is 28.8 Å². The molecule has 0 unspecified atom stereocenters. The normalized spacial score (nSPS) is 17.4. The number of pyridine rings is 1. The van der Waals surface area contributed by atoms with E-state index in [1.54, 1.807) is 13.2 Å². The van der Waals surface area contributed by atoms with Crippen LogP contribution in [0.3, 0.4) is 0 Å². The molecule has 2 aromatic rings. The number of hydrogen-bond donors (Lipinski definition) is 2. The van der Waals surface area contributed by atoms with Crippen molar-refractivity contribution in [3.8, 4) is 0 Å². The summed E-state index contributed by atoms with van der Waals surface area (Å²) in [6.45, 7) is 2.07. The smallest absolute Gasteiger partial charge is 0.159 e. The van der Waals surface area contributed by atoms with Gasteiger partial charge in [0.25, 0.3) is 0 Å². The number of anilines is 2. The van der Waals surface area contributed by atoms with Gasteiger partial charge < -0.3 is 10.8 Å². The zero-order chi connectivity index (χ0) is 17.8. The van der Waals surface area contributed by atoms with Crippen molar-refractivity contribution in [3.05, 3.63) is 65.5 Å². The van der Waals surface area contributed by atoms with Crippen LogP contribution >= 0.6 is 0 Å². The average Bonchev–Trinajstić information content (AvgIpc) is 3.00. The van der Waals surface area contributed by atoms with E-state index < -0.39 is 0 Å². The number of amidine groups is 2. The molecular weight excluding hydrogens is 314 g/mol. The van der Waals surface area contributed by atoms with Crippen molar-refractivity contribution in [2.24, 2.45) is 9.98 Å². The first-order valence-corrected chi connectivity index (χ1v) is 8.16. The fourth-order valence-electron chi connectivity index (χ4n) is 2.76. The number of nitrogens with zero attached hydrogens (tertiary/aromatic N) is 4. The third-order valence-corrected chi connectivity index (χ3v) is 3.94. The molecule has 0 spiro atoms. The summed E-state index contributed by atoms with van der Waals surface area (Å²) in [4.78, 5) is 15.4. The third-order valence-electron chi connectivity index (χ3n) is 3.94. The molecule has 3 rings (SSSR count). The zero-order valence-electron chi connectivity index (χ0n) is 14.3. The van der Waals surface area contributed by atoms with Gasteiger partial charge in [0.1, 0.15) is 11.5 Å². The molecule has 3 N–H and O–H groups in total. The molecule has 1 aromatic carbocycles. The second kappa shape index (κ2) is 7.27. The van der Waals surface area contributed by atoms with Crippen molar-refractivity contribution in [2.75, 3.05) is 17.7 Å². The van der Waals surface area contributed by atoms with Crippen LogP contribution in [0.1, 0.15) is 24.5 Å². The Morgan fingerprint density at radius 3 is 2.60 bits per heavy atom. The molecule has 0 saturated carbocycles. The molecule has 0 radical (unpaired) electrons. The lowest BCUT2D eigenvalue weighted by Gasteiger charge is -2.22. The number of allylic oxidation sites excluding steroid dienone is 1. The lowest BCUT2D eigenvalue weighted by molar-refractivity contribution is 0.282. The van der Waals surface area contributed by atoms with Crippen molar-refractivity contribution in [3.63, 3.8) is 0 Å². The van der Waals surface area contributed by atoms with Gasteiger partial charge in [0.05, 0.1) is 12.2 Å². The van der Waals surface area contributed by atoms with Crippen LogP contribution in [0, 0.1) is 0 Å². The lowest BCUT2D eigenvalue weighted by Crippen LogP contribution is -2.33. The van der Waals surface area contributed by atoms with Gasteiger partial charge in [-0.15, -0.1) is 0 Å². The van der Waals surface area contributed by atoms with Gasteiger partial charge in [0.2, 0.25) is 0 Å². The minimum absolute atomic E-state index is 0.00644. The standard InChI is InChI=1S/C19H21N5O/c1-3-5-16-19(21-2)24(14-9-7-13(12-25)8-10-14)18(23-16)15-6-4-11-22-17(15)20/h4-11,25H,3,12H2,1-2H3,(H2,20,22)/b16-5+,21-19?. The van der Waals surface area contributed by atoms with Crippen molar-refractivity contribution in [1.29, 1.82) is 0 Å². The highest BCUT2D eigenvalue weighted by molar-refractivity contribution is 6.34. The minimum Gasteiger partial charge on any atom is -0.392 e. The molecule has 0 atom stereocenters. The predicted molar refractivity (Wildman–Crippen MR) is 102 cm³/mol. The molecule has 25 heavy (non-hydrogen) atoms. The molecule has 1 aromatic heterocycles. The molecule has 0 amide bonds. The van der Waals surface area contributed by atoms with Gasteiger partial charge in [-0.05, 0) is 36.2 Å². The SMILES string of the molecule is CC/C=C1/N=C(c2cccnc2N)N(c2ccc(CO)cc2)C1=NC. The fraction of sp³-hybridized carbons (Fsp3) is 0.211. The number of benzene rings is 1. The summed E-state index contributed by atoms with van der Waals surface area (Å²) in [5.41, 5.74) is 9.41. The largest absolute Gasteiger partial charge is 0.392 e. The average molecular weight is 335 g/mol. The number of hydrogen-bond acceptors (Lipinski definition) is 5. The van der Waals surface area contributed by atoms with Crippen LogP contribution in [0.2, 0.25) is 0 Å². The van der Waals surface area contributed by atoms with E-state index in [0.29, 0.717) is 11.7 Å². The molecule has 2 heterocycles. The number of aromatic nitrogens is 1. The van der Waals surface area contributed by atoms with E-state index in [-0.39, 0.29) is 6.61 Å². The number of nitrogen functional groups attached to an aromatic ring is 1. The van der Waals surface area contributed by atoms with E-state index in [1.165, 1.54) is 0 Å². The Balaban J connectivity index is 2.15. The van der Waals surface area contributed by atoms with Crippen LogP contribution in [0.15, 0.2) is 64.4 Å². The fourth-order valence-corrected chi connectivity index (χ4v) is 2.76. The molecule has 0 aliphatic carbocycles. The van der Waals surface area contributed by atoms with Crippen molar-refractivity contribution in [2.45, 2.75) is 20.0 Å². The predicted octanol–water partition coefficient (Wildman–Crippen LogP) is 2.75. The van der Waals surface area contributed by atoms with Gasteiger partial charge in [-0.1, -0.05) is 25.1 Å². The van der Waals surface area contributed by atoms with Crippen LogP contribution in [0.4, 0.5) is 11.5 Å². The first kappa shape index (κ1) is 16.9. The van der Waals surface area contributed by atoms with Gasteiger partial charge in [-0.2, -0.15) is 0 Å². The summed E-state index contributed by atoms with van der Waals surface area (Å²) in [7, 11) is 1.75. The van der Waals surface area contributed by atoms with Crippen molar-refractivity contribution in [1.82, 2.24) is 4.98 Å². The van der Waals surface area contributed by atoms with Gasteiger partial charge >= 0.3 is 0 Å². The molecule has 128 valence electrons. The van der Waals surface area contributed by atoms with E-state index in [9.17, 15) is 5.11 Å². The highest BCUT2D eigenvalue weighted by atomic mass is 16.3. The molecule has 6 nitrogen and oxygen atoms in total. The Morgan fingerprint density at radius 1 is 1.24 bits per heavy atom. The maximum Gasteiger partial charge on any atom is 0.159 e. The molecular formula is C19H21N5O. The highest BCUT2D eigenvalue weighted by Gasteiger charge is 2.31. The maximum absolute atomic E-state index is 9.28. The number of nitrogens with two attached hydrogens (primary N) is 1. The topological polar surface area (TPSA) is 87.1 Å². The van der Waals surface area contributed by atoms with Crippen LogP contribution < -0.4 is 10.6 Å². The van der Waals surface area contributed by atoms with E-state index in [1.807, 2.05) is 47.4 Å². The highest BCUT2D eigenvalue weighted by Crippen LogP contribution is 2.29. The van der Waals surface area contributed by atoms with E-state index >= 15 is 0 Å². The van der Waals surface area contributed by atoms with Gasteiger partial charge in [-0.3, -0.25) is 9.89 Å². The molecule has 0 bridgehead atoms. The van der Waals surface area contributed by atoms with Gasteiger partial charge in [-0.25, -0.2) is 9.98 Å². The Morgan fingerprint density at radius 2 is 2.00 bits per heavy atom. The van der Waals surface area contributed by atoms with E-state index in [4.69, 9.17) is 10.7 Å². The first-order chi connectivity index (χ1) is 12.2. The number of aliphatic hydroxyl groups excluding tert-OH is 1. The summed E-state index contributed by atoms with van der Waals surface area (Å²) < 4.78 is 0. The molecule has 6 heteroatoms. The summed E-state index contributed by atoms with van der Waals surface area (Å²) in [5, 5.41) is 9.28. The summed E-state index contributed by atoms with van der Waals surface area (Å²) in [6.07, 6.45) is 4.55. The van der Waals surface area contributed by atoms with E-state index in [0.717, 1.165) is 34.8 Å². The van der Waals surface area contributed by atoms with Crippen LogP contribution in [-0.2, 0) is 6.61 Å². The first-order valence-electron chi connectivity index (χ1n) is 8.16. The number of aliphatic imine (C=N–C) groups is 2. The molecule has 1 aliphatic heterocycles. The lowest BCUT2D eigenvalue weighted by atomic mass is 10.1. The molecule has 0 saturated heterocycles. The van der Waals surface area contributed by atoms with Gasteiger partial charge in [0, 0.05) is 18.9 Å². The third kappa shape index (κ3) is 3.16. The molecule has 1 aliphatic rings. The van der Waals surface area contributed by atoms with Crippen molar-refractivity contribution < 1.29 is 5.11 Å². The summed E-state index contributed by atoms with van der Waals surface area (Å²) in [6, 6.07) is 11.4. The quantitative estimate of drug-likeness (QED) is 0.899. The Bertz CT molecular complexity index is 852. The number of aliphatic hydroxyl groups is 1. The van der Waals surface area contributed by atoms with Gasteiger partial charge in [0.15, 0.2) is 11.7 Å². The Labute approximate surface area is 147 Å². The second-order valence-corrected chi connectivity index (χ2v) is 5.58. The summed E-state index contributed by atoms with van der Waals surface area (Å²) >= 11 is 0. The molecule has 0 fully saturated rings. The van der Waals surface area contributed by atoms with Crippen LogP contribution in [0.5, 0.6) is 0 Å². The Hall–Kier alpha value is -2.99. The second-order valence-electron chi connectivity index (χ2n) is 5.58. The minimum atomic E-state index is 0.00644. The maximum atomic E-state index is 9.28. The number of rotatable bonds is 4. The zero-order valence-corrected chi connectivity index (χ0v) is 14.3.